The van der Waals surface area contributed by atoms with E-state index in [1.807, 2.05) is 49.2 Å². The molecule has 3 aliphatic carbocycles. The molecule has 8 atom stereocenters. The van der Waals surface area contributed by atoms with Crippen molar-refractivity contribution in [3.8, 4) is 0 Å². The number of nitrogens with zero attached hydrogens (tertiary/aromatic N) is 2. The molecule has 6 rings (SSSR count). The van der Waals surface area contributed by atoms with E-state index in [0.717, 1.165) is 29.7 Å². The lowest BCUT2D eigenvalue weighted by molar-refractivity contribution is -0.139. The summed E-state index contributed by atoms with van der Waals surface area (Å²) < 4.78 is 0. The Bertz CT molecular complexity index is 1190. The number of para-hydroxylation sites is 2. The van der Waals surface area contributed by atoms with Crippen molar-refractivity contribution in [2.45, 2.75) is 77.8 Å². The average Bonchev–Trinajstić information content (AvgIpc) is 3.43. The molecule has 192 valence electrons. The first-order chi connectivity index (χ1) is 17.2. The summed E-state index contributed by atoms with van der Waals surface area (Å²) in [6, 6.07) is 8.17. The maximum atomic E-state index is 13.2. The summed E-state index contributed by atoms with van der Waals surface area (Å²) in [5, 5.41) is 3.23. The van der Waals surface area contributed by atoms with Gasteiger partial charge < -0.3 is 15.2 Å². The molecule has 0 radical (unpaired) electrons. The Kier molecular flexibility index (Phi) is 5.58. The molecule has 0 spiro atoms. The fourth-order valence-electron chi connectivity index (χ4n) is 8.95. The smallest absolute Gasteiger partial charge is 0.246 e. The largest absolute Gasteiger partial charge is 0.346 e. The minimum absolute atomic E-state index is 0.0738. The molecule has 1 aromatic carbocycles. The number of carbonyl (C=O) groups excluding carboxylic acids is 2. The lowest BCUT2D eigenvalue weighted by Crippen LogP contribution is -2.59. The Labute approximate surface area is 214 Å². The number of likely N-dealkylation sites (N-methyl/N-ethyl adjacent to an activating group) is 1. The third-order valence-electron chi connectivity index (χ3n) is 11.0. The number of H-pyrrole nitrogens is 1. The van der Waals surface area contributed by atoms with Gasteiger partial charge >= 0.3 is 0 Å². The number of carbonyl (C=O) groups is 2. The van der Waals surface area contributed by atoms with E-state index in [0.29, 0.717) is 36.1 Å². The second-order valence-corrected chi connectivity index (χ2v) is 12.6. The monoisotopic (exact) mass is 488 g/mol. The molecule has 2 aromatic rings. The number of hydrogen-bond acceptors (Lipinski definition) is 3. The van der Waals surface area contributed by atoms with E-state index in [2.05, 4.69) is 35.2 Å². The molecule has 1 unspecified atom stereocenters. The number of aromatic nitrogens is 2. The van der Waals surface area contributed by atoms with Crippen LogP contribution in [0.2, 0.25) is 0 Å². The molecule has 36 heavy (non-hydrogen) atoms. The number of amides is 2. The van der Waals surface area contributed by atoms with Crippen molar-refractivity contribution in [2.75, 3.05) is 7.05 Å². The SMILES string of the molecule is CC(NC(=O)C[C@H]1CC[C@H]2[C@@H]3CC[C@H]4N(C)C(=O)C=C[C@]4(C)[C@H]3CC[C@]12C)c1nc2ccccc2[nH]1. The van der Waals surface area contributed by atoms with Crippen molar-refractivity contribution in [1.82, 2.24) is 20.2 Å². The number of nitrogens with one attached hydrogen (secondary N) is 2. The van der Waals surface area contributed by atoms with Gasteiger partial charge in [0.05, 0.1) is 17.1 Å². The number of rotatable bonds is 4. The summed E-state index contributed by atoms with van der Waals surface area (Å²) in [4.78, 5) is 35.6. The van der Waals surface area contributed by atoms with Gasteiger partial charge in [-0.2, -0.15) is 0 Å². The molecule has 6 nitrogen and oxygen atoms in total. The van der Waals surface area contributed by atoms with Gasteiger partial charge in [0.1, 0.15) is 5.82 Å². The quantitative estimate of drug-likeness (QED) is 0.606. The zero-order valence-corrected chi connectivity index (χ0v) is 22.1. The third kappa shape index (κ3) is 3.54. The molecule has 2 N–H and O–H groups in total. The average molecular weight is 489 g/mol. The lowest BCUT2D eigenvalue weighted by atomic mass is 9.47. The normalized spacial score (nSPS) is 38.4. The van der Waals surface area contributed by atoms with Gasteiger partial charge in [-0.25, -0.2) is 4.98 Å². The van der Waals surface area contributed by atoms with Crippen molar-refractivity contribution in [1.29, 1.82) is 0 Å². The summed E-state index contributed by atoms with van der Waals surface area (Å²) in [6.07, 6.45) is 11.7. The first kappa shape index (κ1) is 23.7. The van der Waals surface area contributed by atoms with E-state index in [4.69, 9.17) is 0 Å². The van der Waals surface area contributed by atoms with Crippen LogP contribution in [-0.2, 0) is 9.59 Å². The molecule has 0 bridgehead atoms. The maximum Gasteiger partial charge on any atom is 0.246 e. The van der Waals surface area contributed by atoms with Gasteiger partial charge in [-0.05, 0) is 92.7 Å². The molecule has 0 saturated heterocycles. The summed E-state index contributed by atoms with van der Waals surface area (Å²) in [6.45, 7) is 6.89. The van der Waals surface area contributed by atoms with Gasteiger partial charge in [-0.1, -0.05) is 32.1 Å². The highest BCUT2D eigenvalue weighted by atomic mass is 16.2. The molecule has 2 heterocycles. The Balaban J connectivity index is 1.14. The van der Waals surface area contributed by atoms with E-state index < -0.39 is 0 Å². The van der Waals surface area contributed by atoms with Gasteiger partial charge in [0.15, 0.2) is 0 Å². The first-order valence-electron chi connectivity index (χ1n) is 13.9. The van der Waals surface area contributed by atoms with Crippen LogP contribution in [0.1, 0.15) is 77.6 Å². The Hall–Kier alpha value is -2.63. The topological polar surface area (TPSA) is 78.1 Å². The van der Waals surface area contributed by atoms with Crippen molar-refractivity contribution in [3.63, 3.8) is 0 Å². The number of aromatic amines is 1. The van der Waals surface area contributed by atoms with Crippen molar-refractivity contribution < 1.29 is 9.59 Å². The van der Waals surface area contributed by atoms with Crippen LogP contribution in [0.5, 0.6) is 0 Å². The predicted octanol–water partition coefficient (Wildman–Crippen LogP) is 5.39. The molecule has 3 saturated carbocycles. The van der Waals surface area contributed by atoms with E-state index in [-0.39, 0.29) is 28.7 Å². The Morgan fingerprint density at radius 1 is 1.17 bits per heavy atom. The predicted molar refractivity (Wildman–Crippen MR) is 141 cm³/mol. The summed E-state index contributed by atoms with van der Waals surface area (Å²) >= 11 is 0. The standard InChI is InChI=1S/C30H40N4O2/c1-18(28-32-23-7-5-6-8-24(23)33-28)31-26(35)17-19-9-11-21-20-10-12-25-30(3,16-14-27(36)34(25)4)22(20)13-15-29(19,21)2/h5-8,14,16,18-22,25H,9-13,15,17H2,1-4H3,(H,31,35)(H,32,33)/t18?,19-,20+,21+,22+,25-,29-,30-/m1/s1. The van der Waals surface area contributed by atoms with E-state index in [1.165, 1.54) is 25.7 Å². The van der Waals surface area contributed by atoms with Crippen LogP contribution in [-0.4, -0.2) is 39.8 Å². The van der Waals surface area contributed by atoms with Crippen molar-refractivity contribution in [3.05, 3.63) is 42.2 Å². The summed E-state index contributed by atoms with van der Waals surface area (Å²) in [7, 11) is 1.98. The zero-order valence-electron chi connectivity index (χ0n) is 22.1. The minimum Gasteiger partial charge on any atom is -0.346 e. The van der Waals surface area contributed by atoms with Gasteiger partial charge in [-0.3, -0.25) is 9.59 Å². The van der Waals surface area contributed by atoms with E-state index in [1.54, 1.807) is 0 Å². The molecular formula is C30H40N4O2. The zero-order chi connectivity index (χ0) is 25.2. The van der Waals surface area contributed by atoms with Gasteiger partial charge in [0.2, 0.25) is 11.8 Å². The molecule has 1 aliphatic heterocycles. The van der Waals surface area contributed by atoms with Gasteiger partial charge in [0.25, 0.3) is 0 Å². The Morgan fingerprint density at radius 3 is 2.78 bits per heavy atom. The molecular weight excluding hydrogens is 448 g/mol. The first-order valence-corrected chi connectivity index (χ1v) is 13.9. The van der Waals surface area contributed by atoms with Crippen LogP contribution < -0.4 is 5.32 Å². The van der Waals surface area contributed by atoms with Crippen LogP contribution in [0.15, 0.2) is 36.4 Å². The van der Waals surface area contributed by atoms with Crippen molar-refractivity contribution >= 4 is 22.8 Å². The molecule has 3 fully saturated rings. The fraction of sp³-hybridized carbons (Fsp3) is 0.633. The molecule has 2 amide bonds. The van der Waals surface area contributed by atoms with Crippen LogP contribution >= 0.6 is 0 Å². The number of imidazole rings is 1. The van der Waals surface area contributed by atoms with Crippen LogP contribution in [0.3, 0.4) is 0 Å². The highest BCUT2D eigenvalue weighted by Crippen LogP contribution is 2.65. The third-order valence-corrected chi connectivity index (χ3v) is 11.0. The van der Waals surface area contributed by atoms with Gasteiger partial charge in [0, 0.05) is 24.9 Å². The maximum absolute atomic E-state index is 13.2. The minimum atomic E-state index is -0.140. The second kappa shape index (κ2) is 8.46. The van der Waals surface area contributed by atoms with Crippen LogP contribution in [0.25, 0.3) is 11.0 Å². The summed E-state index contributed by atoms with van der Waals surface area (Å²) in [5.41, 5.74) is 2.24. The number of benzene rings is 1. The van der Waals surface area contributed by atoms with Crippen molar-refractivity contribution in [2.24, 2.45) is 34.5 Å². The molecule has 1 aromatic heterocycles. The lowest BCUT2D eigenvalue weighted by Gasteiger charge is -2.60. The number of hydrogen-bond donors (Lipinski definition) is 2. The highest BCUT2D eigenvalue weighted by Gasteiger charge is 2.60. The molecule has 4 aliphatic rings. The van der Waals surface area contributed by atoms with Crippen LogP contribution in [0, 0.1) is 34.5 Å². The molecule has 6 heteroatoms. The van der Waals surface area contributed by atoms with E-state index >= 15 is 0 Å². The van der Waals surface area contributed by atoms with Crippen LogP contribution in [0.4, 0.5) is 0 Å². The highest BCUT2D eigenvalue weighted by molar-refractivity contribution is 5.89. The number of fused-ring (bicyclic) bond motifs is 6. The fourth-order valence-corrected chi connectivity index (χ4v) is 8.95. The second-order valence-electron chi connectivity index (χ2n) is 12.6. The van der Waals surface area contributed by atoms with Gasteiger partial charge in [-0.15, -0.1) is 0 Å². The summed E-state index contributed by atoms with van der Waals surface area (Å²) in [5.74, 6) is 3.54. The Morgan fingerprint density at radius 2 is 1.97 bits per heavy atom. The van der Waals surface area contributed by atoms with E-state index in [9.17, 15) is 9.59 Å².